The van der Waals surface area contributed by atoms with E-state index in [2.05, 4.69) is 5.32 Å². The summed E-state index contributed by atoms with van der Waals surface area (Å²) in [5.41, 5.74) is 0.321. The SMILES string of the molecule is O=C1CNC(Cc2cc(F)ccc2F)C1. The van der Waals surface area contributed by atoms with Crippen molar-refractivity contribution in [2.24, 2.45) is 0 Å². The minimum Gasteiger partial charge on any atom is -0.306 e. The summed E-state index contributed by atoms with van der Waals surface area (Å²) in [6, 6.07) is 3.32. The van der Waals surface area contributed by atoms with Gasteiger partial charge in [-0.2, -0.15) is 0 Å². The third kappa shape index (κ3) is 2.39. The van der Waals surface area contributed by atoms with Gasteiger partial charge in [0.05, 0.1) is 6.54 Å². The monoisotopic (exact) mass is 211 g/mol. The van der Waals surface area contributed by atoms with Crippen molar-refractivity contribution >= 4 is 5.78 Å². The zero-order chi connectivity index (χ0) is 10.8. The molecule has 0 aliphatic carbocycles. The van der Waals surface area contributed by atoms with Crippen molar-refractivity contribution < 1.29 is 13.6 Å². The molecule has 2 rings (SSSR count). The van der Waals surface area contributed by atoms with Crippen molar-refractivity contribution in [2.75, 3.05) is 6.54 Å². The Kier molecular flexibility index (Phi) is 2.77. The molecule has 1 aliphatic heterocycles. The van der Waals surface area contributed by atoms with Crippen LogP contribution in [0, 0.1) is 11.6 Å². The van der Waals surface area contributed by atoms with E-state index in [0.717, 1.165) is 12.1 Å². The first-order valence-electron chi connectivity index (χ1n) is 4.84. The maximum Gasteiger partial charge on any atom is 0.148 e. The molecule has 15 heavy (non-hydrogen) atoms. The molecule has 4 heteroatoms. The number of hydrogen-bond donors (Lipinski definition) is 1. The van der Waals surface area contributed by atoms with Gasteiger partial charge in [0.25, 0.3) is 0 Å². The molecule has 1 fully saturated rings. The van der Waals surface area contributed by atoms with Crippen LogP contribution < -0.4 is 5.32 Å². The number of ketones is 1. The number of nitrogens with one attached hydrogen (secondary N) is 1. The standard InChI is InChI=1S/C11H11F2NO/c12-8-1-2-11(13)7(3-8)4-9-5-10(15)6-14-9/h1-3,9,14H,4-6H2. The van der Waals surface area contributed by atoms with Gasteiger partial charge in [-0.15, -0.1) is 0 Å². The van der Waals surface area contributed by atoms with Gasteiger partial charge in [0.15, 0.2) is 0 Å². The van der Waals surface area contributed by atoms with Crippen molar-refractivity contribution in [1.29, 1.82) is 0 Å². The first-order valence-corrected chi connectivity index (χ1v) is 4.84. The molecular weight excluding hydrogens is 200 g/mol. The fraction of sp³-hybridized carbons (Fsp3) is 0.364. The first kappa shape index (κ1) is 10.2. The third-order valence-corrected chi connectivity index (χ3v) is 2.54. The van der Waals surface area contributed by atoms with E-state index in [9.17, 15) is 13.6 Å². The van der Waals surface area contributed by atoms with Crippen LogP contribution in [0.5, 0.6) is 0 Å². The molecule has 0 aromatic heterocycles. The highest BCUT2D eigenvalue weighted by Gasteiger charge is 2.22. The van der Waals surface area contributed by atoms with Gasteiger partial charge < -0.3 is 5.32 Å². The molecule has 1 aromatic rings. The molecule has 1 heterocycles. The zero-order valence-electron chi connectivity index (χ0n) is 8.09. The Bertz CT molecular complexity index is 392. The van der Waals surface area contributed by atoms with Gasteiger partial charge in [-0.05, 0) is 30.2 Å². The molecule has 1 aliphatic rings. The van der Waals surface area contributed by atoms with E-state index in [4.69, 9.17) is 0 Å². The van der Waals surface area contributed by atoms with Crippen molar-refractivity contribution in [3.05, 3.63) is 35.4 Å². The number of Topliss-reactive ketones (excluding diaryl/α,β-unsaturated/α-hetero) is 1. The molecule has 0 amide bonds. The van der Waals surface area contributed by atoms with E-state index in [-0.39, 0.29) is 11.8 Å². The third-order valence-electron chi connectivity index (χ3n) is 2.54. The van der Waals surface area contributed by atoms with Crippen LogP contribution in [0.15, 0.2) is 18.2 Å². The molecule has 1 N–H and O–H groups in total. The molecular formula is C11H11F2NO. The van der Waals surface area contributed by atoms with E-state index in [0.29, 0.717) is 24.9 Å². The maximum absolute atomic E-state index is 13.2. The molecule has 1 atom stereocenters. The summed E-state index contributed by atoms with van der Waals surface area (Å²) in [5.74, 6) is -0.745. The van der Waals surface area contributed by atoms with Crippen molar-refractivity contribution in [3.63, 3.8) is 0 Å². The van der Waals surface area contributed by atoms with E-state index in [1.54, 1.807) is 0 Å². The average Bonchev–Trinajstić information content (AvgIpc) is 2.58. The van der Waals surface area contributed by atoms with Gasteiger partial charge in [-0.3, -0.25) is 4.79 Å². The highest BCUT2D eigenvalue weighted by molar-refractivity contribution is 5.83. The predicted octanol–water partition coefficient (Wildman–Crippen LogP) is 1.44. The summed E-state index contributed by atoms with van der Waals surface area (Å²) >= 11 is 0. The maximum atomic E-state index is 13.2. The van der Waals surface area contributed by atoms with Crippen LogP contribution in [0.2, 0.25) is 0 Å². The average molecular weight is 211 g/mol. The molecule has 0 spiro atoms. The zero-order valence-corrected chi connectivity index (χ0v) is 8.09. The van der Waals surface area contributed by atoms with Crippen LogP contribution in [0.25, 0.3) is 0 Å². The van der Waals surface area contributed by atoms with E-state index >= 15 is 0 Å². The fourth-order valence-corrected chi connectivity index (χ4v) is 1.79. The first-order chi connectivity index (χ1) is 7.15. The van der Waals surface area contributed by atoms with Crippen LogP contribution in [-0.4, -0.2) is 18.4 Å². The second-order valence-electron chi connectivity index (χ2n) is 3.76. The Hall–Kier alpha value is -1.29. The Labute approximate surface area is 86.3 Å². The fourth-order valence-electron chi connectivity index (χ4n) is 1.79. The van der Waals surface area contributed by atoms with Crippen molar-refractivity contribution in [3.8, 4) is 0 Å². The van der Waals surface area contributed by atoms with E-state index < -0.39 is 11.6 Å². The molecule has 0 radical (unpaired) electrons. The summed E-state index contributed by atoms with van der Waals surface area (Å²) in [5, 5.41) is 2.96. The lowest BCUT2D eigenvalue weighted by Gasteiger charge is -2.09. The van der Waals surface area contributed by atoms with Gasteiger partial charge in [0, 0.05) is 12.5 Å². The molecule has 80 valence electrons. The highest BCUT2D eigenvalue weighted by Crippen LogP contribution is 2.15. The summed E-state index contributed by atoms with van der Waals surface area (Å²) in [7, 11) is 0. The molecule has 0 bridgehead atoms. The Morgan fingerprint density at radius 2 is 2.20 bits per heavy atom. The van der Waals surface area contributed by atoms with Crippen LogP contribution in [0.4, 0.5) is 8.78 Å². The summed E-state index contributed by atoms with van der Waals surface area (Å²) in [6.45, 7) is 0.335. The smallest absolute Gasteiger partial charge is 0.148 e. The van der Waals surface area contributed by atoms with E-state index in [1.165, 1.54) is 6.07 Å². The minimum absolute atomic E-state index is 0.0613. The van der Waals surface area contributed by atoms with Crippen molar-refractivity contribution in [2.45, 2.75) is 18.9 Å². The largest absolute Gasteiger partial charge is 0.306 e. The Balaban J connectivity index is 2.10. The van der Waals surface area contributed by atoms with Crippen LogP contribution >= 0.6 is 0 Å². The highest BCUT2D eigenvalue weighted by atomic mass is 19.1. The molecule has 2 nitrogen and oxygen atoms in total. The summed E-state index contributed by atoms with van der Waals surface area (Å²) in [4.78, 5) is 11.0. The Morgan fingerprint density at radius 3 is 2.87 bits per heavy atom. The quantitative estimate of drug-likeness (QED) is 0.802. The lowest BCUT2D eigenvalue weighted by atomic mass is 10.0. The normalized spacial score (nSPS) is 20.9. The second kappa shape index (κ2) is 4.06. The van der Waals surface area contributed by atoms with Gasteiger partial charge in [0.2, 0.25) is 0 Å². The molecule has 1 saturated heterocycles. The topological polar surface area (TPSA) is 29.1 Å². The molecule has 1 unspecified atom stereocenters. The van der Waals surface area contributed by atoms with Crippen LogP contribution in [-0.2, 0) is 11.2 Å². The number of carbonyl (C=O) groups excluding carboxylic acids is 1. The summed E-state index contributed by atoms with van der Waals surface area (Å²) in [6.07, 6.45) is 0.755. The minimum atomic E-state index is -0.448. The number of hydrogen-bond acceptors (Lipinski definition) is 2. The number of rotatable bonds is 2. The van der Waals surface area contributed by atoms with Crippen LogP contribution in [0.1, 0.15) is 12.0 Å². The number of halogens is 2. The Morgan fingerprint density at radius 1 is 1.40 bits per heavy atom. The molecule has 0 saturated carbocycles. The van der Waals surface area contributed by atoms with Crippen molar-refractivity contribution in [1.82, 2.24) is 5.32 Å². The van der Waals surface area contributed by atoms with Gasteiger partial charge in [-0.25, -0.2) is 8.78 Å². The molecule has 1 aromatic carbocycles. The van der Waals surface area contributed by atoms with Crippen LogP contribution in [0.3, 0.4) is 0 Å². The summed E-state index contributed by atoms with van der Waals surface area (Å²) < 4.78 is 26.1. The lowest BCUT2D eigenvalue weighted by molar-refractivity contribution is -0.116. The second-order valence-corrected chi connectivity index (χ2v) is 3.76. The van der Waals surface area contributed by atoms with Gasteiger partial charge in [-0.1, -0.05) is 0 Å². The predicted molar refractivity (Wildman–Crippen MR) is 51.5 cm³/mol. The van der Waals surface area contributed by atoms with Gasteiger partial charge >= 0.3 is 0 Å². The van der Waals surface area contributed by atoms with E-state index in [1.807, 2.05) is 0 Å². The lowest BCUT2D eigenvalue weighted by Crippen LogP contribution is -2.24. The number of carbonyl (C=O) groups is 1. The van der Waals surface area contributed by atoms with Gasteiger partial charge in [0.1, 0.15) is 17.4 Å². The number of benzene rings is 1.